The first-order chi connectivity index (χ1) is 13.2. The lowest BCUT2D eigenvalue weighted by molar-refractivity contribution is -0.129. The number of alkyl carbamates (subject to hydrolysis) is 1. The summed E-state index contributed by atoms with van der Waals surface area (Å²) in [5, 5.41) is 2.90. The fraction of sp³-hybridized carbons (Fsp3) is 0.455. The standard InChI is InChI=1S/C22H28N2O4/c1-15(16-9-6-5-7-10-16)24-14-17(13-19(24)25)20(18-11-8-12-27-18)23-21(26)28-22(2,3)4/h5-12,15,17,20H,13-14H2,1-4H3,(H,23,26)/t15-,17-,20?/m1/s1. The highest BCUT2D eigenvalue weighted by Gasteiger charge is 2.40. The van der Waals surface area contributed by atoms with Gasteiger partial charge >= 0.3 is 6.09 Å². The Morgan fingerprint density at radius 3 is 2.54 bits per heavy atom. The Balaban J connectivity index is 1.76. The molecule has 2 heterocycles. The van der Waals surface area contributed by atoms with Crippen molar-refractivity contribution in [2.75, 3.05) is 6.54 Å². The van der Waals surface area contributed by atoms with Crippen molar-refractivity contribution >= 4 is 12.0 Å². The first-order valence-corrected chi connectivity index (χ1v) is 9.62. The van der Waals surface area contributed by atoms with Crippen molar-refractivity contribution in [1.29, 1.82) is 0 Å². The number of rotatable bonds is 5. The van der Waals surface area contributed by atoms with Gasteiger partial charge in [-0.25, -0.2) is 4.79 Å². The molecule has 1 unspecified atom stereocenters. The lowest BCUT2D eigenvalue weighted by Gasteiger charge is -2.28. The van der Waals surface area contributed by atoms with Crippen molar-refractivity contribution in [2.24, 2.45) is 5.92 Å². The minimum Gasteiger partial charge on any atom is -0.467 e. The van der Waals surface area contributed by atoms with E-state index in [1.54, 1.807) is 12.3 Å². The highest BCUT2D eigenvalue weighted by molar-refractivity contribution is 5.79. The van der Waals surface area contributed by atoms with Gasteiger partial charge in [-0.15, -0.1) is 0 Å². The Bertz CT molecular complexity index is 796. The number of nitrogens with zero attached hydrogens (tertiary/aromatic N) is 1. The number of carbonyl (C=O) groups is 2. The monoisotopic (exact) mass is 384 g/mol. The van der Waals surface area contributed by atoms with Crippen molar-refractivity contribution in [3.05, 3.63) is 60.1 Å². The van der Waals surface area contributed by atoms with Crippen LogP contribution in [0.5, 0.6) is 0 Å². The first kappa shape index (κ1) is 20.0. The summed E-state index contributed by atoms with van der Waals surface area (Å²) in [7, 11) is 0. The average molecular weight is 384 g/mol. The third kappa shape index (κ3) is 4.74. The maximum atomic E-state index is 12.7. The summed E-state index contributed by atoms with van der Waals surface area (Å²) >= 11 is 0. The van der Waals surface area contributed by atoms with E-state index in [4.69, 9.17) is 9.15 Å². The van der Waals surface area contributed by atoms with Crippen LogP contribution in [0.2, 0.25) is 0 Å². The molecule has 1 fully saturated rings. The SMILES string of the molecule is C[C@H](c1ccccc1)N1C[C@H](C(NC(=O)OC(C)(C)C)c2ccco2)CC1=O. The molecule has 1 saturated heterocycles. The zero-order valence-corrected chi connectivity index (χ0v) is 16.8. The van der Waals surface area contributed by atoms with Crippen LogP contribution in [0, 0.1) is 5.92 Å². The first-order valence-electron chi connectivity index (χ1n) is 9.62. The summed E-state index contributed by atoms with van der Waals surface area (Å²) in [6, 6.07) is 13.1. The van der Waals surface area contributed by atoms with Crippen LogP contribution >= 0.6 is 0 Å². The zero-order valence-electron chi connectivity index (χ0n) is 16.8. The van der Waals surface area contributed by atoms with Crippen LogP contribution in [-0.2, 0) is 9.53 Å². The molecule has 6 heteroatoms. The van der Waals surface area contributed by atoms with Gasteiger partial charge in [0.25, 0.3) is 0 Å². The van der Waals surface area contributed by atoms with E-state index in [-0.39, 0.29) is 17.9 Å². The Morgan fingerprint density at radius 1 is 1.21 bits per heavy atom. The van der Waals surface area contributed by atoms with Crippen molar-refractivity contribution in [3.63, 3.8) is 0 Å². The molecule has 1 aliphatic rings. The molecule has 0 radical (unpaired) electrons. The minimum atomic E-state index is -0.600. The molecule has 28 heavy (non-hydrogen) atoms. The Hall–Kier alpha value is -2.76. The largest absolute Gasteiger partial charge is 0.467 e. The van der Waals surface area contributed by atoms with E-state index in [0.717, 1.165) is 5.56 Å². The maximum Gasteiger partial charge on any atom is 0.408 e. The summed E-state index contributed by atoms with van der Waals surface area (Å²) in [5.74, 6) is 0.596. The molecule has 1 aromatic carbocycles. The lowest BCUT2D eigenvalue weighted by atomic mass is 9.96. The molecular formula is C22H28N2O4. The minimum absolute atomic E-state index is 0.0301. The molecule has 150 valence electrons. The van der Waals surface area contributed by atoms with E-state index in [2.05, 4.69) is 5.32 Å². The van der Waals surface area contributed by atoms with E-state index < -0.39 is 17.7 Å². The number of nitrogens with one attached hydrogen (secondary N) is 1. The predicted octanol–water partition coefficient (Wildman–Crippen LogP) is 4.46. The van der Waals surface area contributed by atoms with Gasteiger partial charge in [-0.3, -0.25) is 4.79 Å². The molecule has 2 aromatic rings. The van der Waals surface area contributed by atoms with E-state index in [1.807, 2.05) is 69.0 Å². The van der Waals surface area contributed by atoms with Crippen LogP contribution in [-0.4, -0.2) is 29.0 Å². The number of hydrogen-bond donors (Lipinski definition) is 1. The predicted molar refractivity (Wildman–Crippen MR) is 105 cm³/mol. The number of benzene rings is 1. The van der Waals surface area contributed by atoms with Crippen LogP contribution in [0.25, 0.3) is 0 Å². The van der Waals surface area contributed by atoms with Crippen LogP contribution < -0.4 is 5.32 Å². The van der Waals surface area contributed by atoms with Gasteiger partial charge in [0.05, 0.1) is 18.3 Å². The highest BCUT2D eigenvalue weighted by Crippen LogP contribution is 2.35. The Kier molecular flexibility index (Phi) is 5.77. The van der Waals surface area contributed by atoms with Gasteiger partial charge in [0.1, 0.15) is 11.4 Å². The van der Waals surface area contributed by atoms with Gasteiger partial charge in [-0.2, -0.15) is 0 Å². The molecule has 0 bridgehead atoms. The molecule has 0 aliphatic carbocycles. The third-order valence-corrected chi connectivity index (χ3v) is 4.93. The molecule has 1 aliphatic heterocycles. The Labute approximate surface area is 165 Å². The van der Waals surface area contributed by atoms with Crippen molar-refractivity contribution in [3.8, 4) is 0 Å². The van der Waals surface area contributed by atoms with Gasteiger partial charge in [0.15, 0.2) is 0 Å². The maximum absolute atomic E-state index is 12.7. The van der Waals surface area contributed by atoms with Crippen LogP contribution in [0.1, 0.15) is 57.5 Å². The number of ether oxygens (including phenoxy) is 1. The smallest absolute Gasteiger partial charge is 0.408 e. The summed E-state index contributed by atoms with van der Waals surface area (Å²) in [5.41, 5.74) is 0.489. The topological polar surface area (TPSA) is 71.8 Å². The second kappa shape index (κ2) is 8.09. The van der Waals surface area contributed by atoms with Crippen molar-refractivity contribution in [2.45, 2.75) is 51.8 Å². The fourth-order valence-electron chi connectivity index (χ4n) is 3.59. The van der Waals surface area contributed by atoms with Gasteiger partial charge in [0.2, 0.25) is 5.91 Å². The average Bonchev–Trinajstić information content (AvgIpc) is 3.28. The molecule has 1 N–H and O–H groups in total. The fourth-order valence-corrected chi connectivity index (χ4v) is 3.59. The molecule has 0 spiro atoms. The van der Waals surface area contributed by atoms with E-state index >= 15 is 0 Å². The summed E-state index contributed by atoms with van der Waals surface area (Å²) in [4.78, 5) is 27.0. The molecule has 2 amide bonds. The van der Waals surface area contributed by atoms with Crippen LogP contribution in [0.15, 0.2) is 53.1 Å². The molecule has 3 atom stereocenters. The van der Waals surface area contributed by atoms with Crippen molar-refractivity contribution < 1.29 is 18.7 Å². The van der Waals surface area contributed by atoms with Crippen LogP contribution in [0.4, 0.5) is 4.79 Å². The zero-order chi connectivity index (χ0) is 20.3. The number of carbonyl (C=O) groups excluding carboxylic acids is 2. The van der Waals surface area contributed by atoms with Gasteiger partial charge < -0.3 is 19.4 Å². The number of hydrogen-bond acceptors (Lipinski definition) is 4. The molecule has 6 nitrogen and oxygen atoms in total. The van der Waals surface area contributed by atoms with Gasteiger partial charge in [0, 0.05) is 18.9 Å². The number of likely N-dealkylation sites (tertiary alicyclic amines) is 1. The second-order valence-electron chi connectivity index (χ2n) is 8.24. The van der Waals surface area contributed by atoms with Gasteiger partial charge in [-0.1, -0.05) is 30.3 Å². The lowest BCUT2D eigenvalue weighted by Crippen LogP contribution is -2.38. The summed E-state index contributed by atoms with van der Waals surface area (Å²) in [6.07, 6.45) is 1.40. The quantitative estimate of drug-likeness (QED) is 0.826. The highest BCUT2D eigenvalue weighted by atomic mass is 16.6. The summed E-state index contributed by atoms with van der Waals surface area (Å²) < 4.78 is 11.0. The second-order valence-corrected chi connectivity index (χ2v) is 8.24. The third-order valence-electron chi connectivity index (χ3n) is 4.93. The van der Waals surface area contributed by atoms with E-state index in [9.17, 15) is 9.59 Å². The van der Waals surface area contributed by atoms with Crippen molar-refractivity contribution in [1.82, 2.24) is 10.2 Å². The Morgan fingerprint density at radius 2 is 1.93 bits per heavy atom. The number of amides is 2. The van der Waals surface area contributed by atoms with Crippen LogP contribution in [0.3, 0.4) is 0 Å². The summed E-state index contributed by atoms with van der Waals surface area (Å²) in [6.45, 7) is 8.01. The molecule has 3 rings (SSSR count). The molecule has 1 aromatic heterocycles. The molecular weight excluding hydrogens is 356 g/mol. The van der Waals surface area contributed by atoms with Gasteiger partial charge in [-0.05, 0) is 45.4 Å². The van der Waals surface area contributed by atoms with E-state index in [0.29, 0.717) is 18.7 Å². The number of furan rings is 1. The molecule has 0 saturated carbocycles. The van der Waals surface area contributed by atoms with E-state index in [1.165, 1.54) is 0 Å². The normalized spacial score (nSPS) is 19.4.